The fraction of sp³-hybridized carbons (Fsp3) is 0.222. The van der Waals surface area contributed by atoms with Crippen molar-refractivity contribution in [3.8, 4) is 11.4 Å². The quantitative estimate of drug-likeness (QED) is 0.317. The van der Waals surface area contributed by atoms with Crippen LogP contribution >= 0.6 is 11.8 Å². The highest BCUT2D eigenvalue weighted by atomic mass is 32.2. The van der Waals surface area contributed by atoms with E-state index in [2.05, 4.69) is 27.6 Å². The van der Waals surface area contributed by atoms with E-state index in [4.69, 9.17) is 4.74 Å². The summed E-state index contributed by atoms with van der Waals surface area (Å²) in [6, 6.07) is 25.8. The lowest BCUT2D eigenvalue weighted by molar-refractivity contribution is -0.115. The predicted octanol–water partition coefficient (Wildman–Crippen LogP) is 5.68. The van der Waals surface area contributed by atoms with E-state index in [9.17, 15) is 4.79 Å². The van der Waals surface area contributed by atoms with Crippen LogP contribution in [0.2, 0.25) is 0 Å². The topological polar surface area (TPSA) is 69.0 Å². The van der Waals surface area contributed by atoms with E-state index in [-0.39, 0.29) is 11.2 Å². The predicted molar refractivity (Wildman–Crippen MR) is 137 cm³/mol. The summed E-state index contributed by atoms with van der Waals surface area (Å²) in [6.07, 6.45) is 0.630. The summed E-state index contributed by atoms with van der Waals surface area (Å²) in [4.78, 5) is 12.9. The van der Waals surface area contributed by atoms with Gasteiger partial charge in [0.25, 0.3) is 0 Å². The van der Waals surface area contributed by atoms with E-state index < -0.39 is 0 Å². The number of para-hydroxylation sites is 1. The smallest absolute Gasteiger partial charge is 0.237 e. The van der Waals surface area contributed by atoms with Crippen LogP contribution < -0.4 is 10.1 Å². The van der Waals surface area contributed by atoms with Crippen molar-refractivity contribution in [2.24, 2.45) is 0 Å². The third kappa shape index (κ3) is 5.66. The lowest BCUT2D eigenvalue weighted by atomic mass is 10.1. The number of amides is 1. The molecule has 174 valence electrons. The van der Waals surface area contributed by atoms with Crippen molar-refractivity contribution in [2.45, 2.75) is 37.6 Å². The number of aryl methyl sites for hydroxylation is 1. The highest BCUT2D eigenvalue weighted by Crippen LogP contribution is 2.28. The number of carbonyl (C=O) groups excluding carboxylic acids is 1. The van der Waals surface area contributed by atoms with Crippen molar-refractivity contribution >= 4 is 23.4 Å². The first-order valence-electron chi connectivity index (χ1n) is 11.3. The molecule has 0 spiro atoms. The summed E-state index contributed by atoms with van der Waals surface area (Å²) in [5.41, 5.74) is 3.91. The summed E-state index contributed by atoms with van der Waals surface area (Å²) in [7, 11) is 0. The van der Waals surface area contributed by atoms with Crippen molar-refractivity contribution in [1.29, 1.82) is 0 Å². The van der Waals surface area contributed by atoms with Crippen LogP contribution in [0.4, 0.5) is 5.69 Å². The molecular formula is C27H28N4O2S. The highest BCUT2D eigenvalue weighted by Gasteiger charge is 2.22. The number of hydrogen-bond acceptors (Lipinski definition) is 5. The minimum atomic E-state index is -0.366. The van der Waals surface area contributed by atoms with Gasteiger partial charge in [0.2, 0.25) is 5.91 Å². The minimum absolute atomic E-state index is 0.0786. The molecule has 1 unspecified atom stereocenters. The maximum absolute atomic E-state index is 12.9. The van der Waals surface area contributed by atoms with Gasteiger partial charge < -0.3 is 10.1 Å². The fourth-order valence-electron chi connectivity index (χ4n) is 3.55. The Kier molecular flexibility index (Phi) is 7.65. The standard InChI is InChI=1S/C27H28N4O2S/c1-4-33-23-16-14-22(15-17-23)31-25(18-21-11-6-5-7-12-21)29-30-27(31)34-20(3)26(32)28-24-13-9-8-10-19(24)2/h5-17,20H,4,18H2,1-3H3,(H,28,32). The molecule has 1 amide bonds. The number of carbonyl (C=O) groups is 1. The number of ether oxygens (including phenoxy) is 1. The van der Waals surface area contributed by atoms with Crippen LogP contribution in [0.5, 0.6) is 5.75 Å². The maximum atomic E-state index is 12.9. The third-order valence-corrected chi connectivity index (χ3v) is 6.41. The number of hydrogen-bond donors (Lipinski definition) is 1. The molecule has 1 heterocycles. The fourth-order valence-corrected chi connectivity index (χ4v) is 4.43. The average Bonchev–Trinajstić information content (AvgIpc) is 3.23. The zero-order valence-electron chi connectivity index (χ0n) is 19.6. The SMILES string of the molecule is CCOc1ccc(-n2c(Cc3ccccc3)nnc2SC(C)C(=O)Nc2ccccc2C)cc1. The number of benzene rings is 3. The zero-order chi connectivity index (χ0) is 23.9. The molecule has 0 aliphatic heterocycles. The molecule has 4 rings (SSSR count). The number of nitrogens with zero attached hydrogens (tertiary/aromatic N) is 3. The maximum Gasteiger partial charge on any atom is 0.237 e. The summed E-state index contributed by atoms with van der Waals surface area (Å²) in [6.45, 7) is 6.43. The molecule has 7 heteroatoms. The van der Waals surface area contributed by atoms with Gasteiger partial charge in [0.1, 0.15) is 11.6 Å². The minimum Gasteiger partial charge on any atom is -0.494 e. The van der Waals surface area contributed by atoms with Crippen LogP contribution in [-0.2, 0) is 11.2 Å². The summed E-state index contributed by atoms with van der Waals surface area (Å²) >= 11 is 1.39. The molecule has 0 bridgehead atoms. The van der Waals surface area contributed by atoms with E-state index in [1.54, 1.807) is 0 Å². The molecule has 3 aromatic carbocycles. The van der Waals surface area contributed by atoms with Crippen LogP contribution in [0.15, 0.2) is 84.0 Å². The number of thioether (sulfide) groups is 1. The van der Waals surface area contributed by atoms with Gasteiger partial charge in [0.15, 0.2) is 5.16 Å². The van der Waals surface area contributed by atoms with Gasteiger partial charge in [-0.2, -0.15) is 0 Å². The van der Waals surface area contributed by atoms with Gasteiger partial charge in [0.05, 0.1) is 11.9 Å². The lowest BCUT2D eigenvalue weighted by Gasteiger charge is -2.15. The molecule has 1 N–H and O–H groups in total. The Bertz CT molecular complexity index is 1240. The zero-order valence-corrected chi connectivity index (χ0v) is 20.4. The number of nitrogens with one attached hydrogen (secondary N) is 1. The van der Waals surface area contributed by atoms with Gasteiger partial charge in [-0.05, 0) is 62.2 Å². The molecule has 1 aromatic heterocycles. The van der Waals surface area contributed by atoms with Crippen molar-refractivity contribution < 1.29 is 9.53 Å². The normalized spacial score (nSPS) is 11.7. The number of aromatic nitrogens is 3. The van der Waals surface area contributed by atoms with Gasteiger partial charge in [-0.1, -0.05) is 60.3 Å². The van der Waals surface area contributed by atoms with Gasteiger partial charge in [-0.15, -0.1) is 10.2 Å². The largest absolute Gasteiger partial charge is 0.494 e. The van der Waals surface area contributed by atoms with Crippen molar-refractivity contribution in [3.63, 3.8) is 0 Å². The first-order chi connectivity index (χ1) is 16.5. The second kappa shape index (κ2) is 11.0. The summed E-state index contributed by atoms with van der Waals surface area (Å²) in [5, 5.41) is 12.3. The molecule has 0 saturated carbocycles. The molecule has 0 fully saturated rings. The second-order valence-electron chi connectivity index (χ2n) is 7.89. The van der Waals surface area contributed by atoms with Crippen LogP contribution in [0.3, 0.4) is 0 Å². The van der Waals surface area contributed by atoms with E-state index in [0.717, 1.165) is 34.1 Å². The van der Waals surface area contributed by atoms with Crippen LogP contribution in [-0.4, -0.2) is 32.5 Å². The number of anilines is 1. The molecular weight excluding hydrogens is 444 g/mol. The molecule has 1 atom stereocenters. The van der Waals surface area contributed by atoms with Crippen LogP contribution in [0, 0.1) is 6.92 Å². The molecule has 34 heavy (non-hydrogen) atoms. The lowest BCUT2D eigenvalue weighted by Crippen LogP contribution is -2.23. The Balaban J connectivity index is 1.61. The van der Waals surface area contributed by atoms with Crippen molar-refractivity contribution in [1.82, 2.24) is 14.8 Å². The van der Waals surface area contributed by atoms with Crippen molar-refractivity contribution in [3.05, 3.63) is 95.8 Å². The average molecular weight is 473 g/mol. The summed E-state index contributed by atoms with van der Waals surface area (Å²) in [5.74, 6) is 1.54. The first kappa shape index (κ1) is 23.6. The van der Waals surface area contributed by atoms with Gasteiger partial charge in [-0.25, -0.2) is 0 Å². The van der Waals surface area contributed by atoms with Gasteiger partial charge in [-0.3, -0.25) is 9.36 Å². The second-order valence-corrected chi connectivity index (χ2v) is 9.20. The Morgan fingerprint density at radius 2 is 1.71 bits per heavy atom. The van der Waals surface area contributed by atoms with E-state index in [0.29, 0.717) is 18.2 Å². The summed E-state index contributed by atoms with van der Waals surface area (Å²) < 4.78 is 7.62. The number of rotatable bonds is 9. The van der Waals surface area contributed by atoms with Gasteiger partial charge in [0, 0.05) is 17.8 Å². The molecule has 0 radical (unpaired) electrons. The van der Waals surface area contributed by atoms with Crippen LogP contribution in [0.1, 0.15) is 30.8 Å². The Hall–Kier alpha value is -3.58. The molecule has 0 aliphatic carbocycles. The van der Waals surface area contributed by atoms with Crippen molar-refractivity contribution in [2.75, 3.05) is 11.9 Å². The molecule has 4 aromatic rings. The first-order valence-corrected chi connectivity index (χ1v) is 12.2. The van der Waals surface area contributed by atoms with E-state index in [1.807, 2.05) is 92.1 Å². The van der Waals surface area contributed by atoms with E-state index in [1.165, 1.54) is 11.8 Å². The molecule has 6 nitrogen and oxygen atoms in total. The van der Waals surface area contributed by atoms with Gasteiger partial charge >= 0.3 is 0 Å². The highest BCUT2D eigenvalue weighted by molar-refractivity contribution is 8.00. The molecule has 0 saturated heterocycles. The third-order valence-electron chi connectivity index (χ3n) is 5.37. The Labute approximate surface area is 204 Å². The van der Waals surface area contributed by atoms with E-state index >= 15 is 0 Å². The Morgan fingerprint density at radius 3 is 2.41 bits per heavy atom. The van der Waals surface area contributed by atoms with Crippen LogP contribution in [0.25, 0.3) is 5.69 Å². The Morgan fingerprint density at radius 1 is 1.00 bits per heavy atom. The monoisotopic (exact) mass is 472 g/mol. The molecule has 0 aliphatic rings.